The minimum atomic E-state index is -9.24. The third-order valence-corrected chi connectivity index (χ3v) is 5.31. The number of aliphatic hydroxyl groups is 1. The third kappa shape index (κ3) is 5.17. The Balaban J connectivity index is 3.73. The van der Waals surface area contributed by atoms with E-state index >= 15 is 0 Å². The van der Waals surface area contributed by atoms with Crippen molar-refractivity contribution in [3.8, 4) is 0 Å². The number of carbonyl (C=O) groups is 1. The second kappa shape index (κ2) is 10.6. The summed E-state index contributed by atoms with van der Waals surface area (Å²) in [6.07, 6.45) is -9.08. The van der Waals surface area contributed by atoms with Gasteiger partial charge in [0.15, 0.2) is 12.4 Å². The van der Waals surface area contributed by atoms with Gasteiger partial charge in [0.05, 0.1) is 12.2 Å². The molecule has 1 rings (SSSR count). The molecule has 0 aliphatic heterocycles. The van der Waals surface area contributed by atoms with E-state index in [1.165, 1.54) is 0 Å². The van der Waals surface area contributed by atoms with Gasteiger partial charge in [-0.25, -0.2) is 0 Å². The van der Waals surface area contributed by atoms with Crippen LogP contribution in [0.3, 0.4) is 0 Å². The highest BCUT2D eigenvalue weighted by molar-refractivity contribution is 5.93. The molecule has 0 saturated heterocycles. The molecule has 0 saturated carbocycles. The van der Waals surface area contributed by atoms with Crippen LogP contribution in [0.4, 0.5) is 92.2 Å². The van der Waals surface area contributed by atoms with Crippen molar-refractivity contribution in [2.24, 2.45) is 0 Å². The minimum Gasteiger partial charge on any atom is -0.395 e. The van der Waals surface area contributed by atoms with Gasteiger partial charge in [0.25, 0.3) is 5.91 Å². The van der Waals surface area contributed by atoms with E-state index in [1.807, 2.05) is 5.32 Å². The smallest absolute Gasteiger partial charge is 0.395 e. The van der Waals surface area contributed by atoms with Crippen molar-refractivity contribution in [3.63, 3.8) is 0 Å². The van der Waals surface area contributed by atoms with E-state index in [0.717, 1.165) is 0 Å². The zero-order valence-electron chi connectivity index (χ0n) is 19.5. The van der Waals surface area contributed by atoms with Crippen molar-refractivity contribution in [2.45, 2.75) is 59.6 Å². The van der Waals surface area contributed by atoms with Gasteiger partial charge in [-0.2, -0.15) is 83.4 Å². The highest BCUT2D eigenvalue weighted by Crippen LogP contribution is 2.66. The summed E-state index contributed by atoms with van der Waals surface area (Å²) in [6, 6.07) is -6.96. The molecule has 250 valence electrons. The summed E-state index contributed by atoms with van der Waals surface area (Å²) in [5.74, 6) is -72.3. The lowest BCUT2D eigenvalue weighted by Gasteiger charge is -2.43. The summed E-state index contributed by atoms with van der Waals surface area (Å²) in [6.45, 7) is -1.26. The second-order valence-corrected chi connectivity index (χ2v) is 8.11. The molecule has 0 aliphatic carbocycles. The second-order valence-electron chi connectivity index (χ2n) is 8.11. The molecule has 1 amide bonds. The molecule has 0 aliphatic rings. The molecule has 1 aromatic rings. The van der Waals surface area contributed by atoms with E-state index in [9.17, 15) is 97.0 Å². The van der Waals surface area contributed by atoms with Crippen LogP contribution in [0.15, 0.2) is 24.5 Å². The Morgan fingerprint density at radius 1 is 0.558 bits per heavy atom. The lowest BCUT2D eigenvalue weighted by atomic mass is 9.87. The largest absolute Gasteiger partial charge is 0.534 e. The maximum absolute atomic E-state index is 14.2. The molecule has 0 radical (unpaired) electrons. The molecule has 0 aromatic carbocycles. The fourth-order valence-corrected chi connectivity index (χ4v) is 2.75. The molecule has 1 heterocycles. The van der Waals surface area contributed by atoms with Crippen LogP contribution in [0, 0.1) is 0 Å². The Morgan fingerprint density at radius 3 is 1.16 bits per heavy atom. The van der Waals surface area contributed by atoms with E-state index in [-0.39, 0.29) is 12.1 Å². The number of alkyl halides is 21. The predicted molar refractivity (Wildman–Crippen MR) is 91.9 cm³/mol. The quantitative estimate of drug-likeness (QED) is 0.213. The molecule has 4 nitrogen and oxygen atoms in total. The van der Waals surface area contributed by atoms with Gasteiger partial charge >= 0.3 is 59.6 Å². The predicted octanol–water partition coefficient (Wildman–Crippen LogP) is 5.89. The summed E-state index contributed by atoms with van der Waals surface area (Å²) >= 11 is 0. The van der Waals surface area contributed by atoms with Crippen molar-refractivity contribution >= 4 is 5.91 Å². The van der Waals surface area contributed by atoms with Crippen molar-refractivity contribution in [3.05, 3.63) is 30.1 Å². The van der Waals surface area contributed by atoms with Crippen LogP contribution in [0.1, 0.15) is 10.4 Å². The number of nitrogens with zero attached hydrogens (tertiary/aromatic N) is 1. The number of carbonyl (C=O) groups excluding carboxylic acids is 1. The van der Waals surface area contributed by atoms with Crippen molar-refractivity contribution in [1.82, 2.24) is 5.32 Å². The molecular weight excluding hydrogens is 675 g/mol. The van der Waals surface area contributed by atoms with Gasteiger partial charge in [-0.05, 0) is 0 Å². The molecule has 0 atom stereocenters. The van der Waals surface area contributed by atoms with Crippen LogP contribution in [-0.2, 0) is 6.05 Å². The third-order valence-electron chi connectivity index (χ3n) is 5.31. The molecular formula is C18H10F21N2O2+. The van der Waals surface area contributed by atoms with Gasteiger partial charge in [-0.3, -0.25) is 4.79 Å². The molecule has 1 aromatic heterocycles. The number of nitrogens with one attached hydrogen (secondary N) is 1. The lowest BCUT2D eigenvalue weighted by Crippen LogP contribution is -2.78. The number of aliphatic hydroxyl groups excluding tert-OH is 1. The Morgan fingerprint density at radius 2 is 0.860 bits per heavy atom. The molecule has 0 bridgehead atoms. The zero-order valence-corrected chi connectivity index (χ0v) is 19.5. The summed E-state index contributed by atoms with van der Waals surface area (Å²) < 4.78 is 281. The van der Waals surface area contributed by atoms with Crippen molar-refractivity contribution < 1.29 is 107 Å². The lowest BCUT2D eigenvalue weighted by molar-refractivity contribution is -0.849. The van der Waals surface area contributed by atoms with E-state index in [1.54, 1.807) is 0 Å². The summed E-state index contributed by atoms with van der Waals surface area (Å²) in [4.78, 5) is 11.6. The number of hydrogen-bond acceptors (Lipinski definition) is 2. The summed E-state index contributed by atoms with van der Waals surface area (Å²) in [7, 11) is 0. The van der Waals surface area contributed by atoms with Gasteiger partial charge in [0, 0.05) is 18.7 Å². The number of hydrogen-bond donors (Lipinski definition) is 2. The Kier molecular flexibility index (Phi) is 9.42. The minimum absolute atomic E-state index is 0.0270. The highest BCUT2D eigenvalue weighted by Gasteiger charge is 2.98. The first-order valence-corrected chi connectivity index (χ1v) is 10.1. The van der Waals surface area contributed by atoms with E-state index in [4.69, 9.17) is 5.11 Å². The van der Waals surface area contributed by atoms with Crippen molar-refractivity contribution in [2.75, 3.05) is 13.2 Å². The highest BCUT2D eigenvalue weighted by atomic mass is 19.4. The average molecular weight is 685 g/mol. The van der Waals surface area contributed by atoms with Crippen LogP contribution >= 0.6 is 0 Å². The monoisotopic (exact) mass is 685 g/mol. The van der Waals surface area contributed by atoms with Crippen LogP contribution in [0.2, 0.25) is 0 Å². The first-order valence-electron chi connectivity index (χ1n) is 10.1. The maximum Gasteiger partial charge on any atom is 0.534 e. The standard InChI is InChI=1S/C18H9F21N2O2/c19-9(20,11(23,24)13(27,28)15(31,32)17(35,36)37)10(21,22)12(25,26)14(29,30)16(33,34)18(38,39)41-4-1-7(2-5-41)8(43)40-3-6-42/h1-2,4-5,42H,3,6H2/p+1. The van der Waals surface area contributed by atoms with E-state index < -0.39 is 101 Å². The van der Waals surface area contributed by atoms with E-state index in [0.29, 0.717) is 0 Å². The summed E-state index contributed by atoms with van der Waals surface area (Å²) in [5.41, 5.74) is -0.828. The number of pyridine rings is 1. The summed E-state index contributed by atoms with van der Waals surface area (Å²) in [5, 5.41) is 10.3. The van der Waals surface area contributed by atoms with Gasteiger partial charge in [-0.1, -0.05) is 0 Å². The van der Waals surface area contributed by atoms with Crippen LogP contribution in [0.5, 0.6) is 0 Å². The number of aromatic nitrogens is 1. The SMILES string of the molecule is O=C(NCCO)c1cc[n+](C(F)(F)C(F)(F)C(F)(F)C(F)(F)C(F)(F)C(F)(F)C(F)(F)C(F)(F)C(F)(F)C(F)(F)F)cc1. The Hall–Kier alpha value is -2.89. The average Bonchev–Trinajstić information content (AvgIpc) is 2.85. The topological polar surface area (TPSA) is 53.2 Å². The number of halogens is 21. The number of amides is 1. The normalized spacial score (nSPS) is 15.5. The molecule has 25 heteroatoms. The van der Waals surface area contributed by atoms with Gasteiger partial charge in [0.2, 0.25) is 0 Å². The first kappa shape index (κ1) is 38.1. The Bertz CT molecular complexity index is 1160. The van der Waals surface area contributed by atoms with Crippen LogP contribution in [0.25, 0.3) is 0 Å². The van der Waals surface area contributed by atoms with E-state index in [2.05, 4.69) is 0 Å². The Labute approximate surface area is 222 Å². The zero-order chi connectivity index (χ0) is 34.7. The molecule has 0 spiro atoms. The number of rotatable bonds is 12. The molecule has 2 N–H and O–H groups in total. The fourth-order valence-electron chi connectivity index (χ4n) is 2.75. The molecule has 0 fully saturated rings. The molecule has 43 heavy (non-hydrogen) atoms. The van der Waals surface area contributed by atoms with Gasteiger partial charge in [-0.15, -0.1) is 13.3 Å². The van der Waals surface area contributed by atoms with Crippen LogP contribution < -0.4 is 9.88 Å². The maximum atomic E-state index is 14.2. The van der Waals surface area contributed by atoms with Gasteiger partial charge in [0.1, 0.15) is 0 Å². The first-order chi connectivity index (χ1) is 18.7. The fraction of sp³-hybridized carbons (Fsp3) is 0.667. The van der Waals surface area contributed by atoms with Gasteiger partial charge < -0.3 is 10.4 Å². The van der Waals surface area contributed by atoms with Crippen molar-refractivity contribution in [1.29, 1.82) is 0 Å². The van der Waals surface area contributed by atoms with Crippen LogP contribution in [-0.4, -0.2) is 77.7 Å². The molecule has 0 unspecified atom stereocenters.